The van der Waals surface area contributed by atoms with Crippen molar-refractivity contribution in [1.29, 1.82) is 5.26 Å². The molecule has 1 saturated heterocycles. The second-order valence-electron chi connectivity index (χ2n) is 10.2. The minimum absolute atomic E-state index is 0.0434. The van der Waals surface area contributed by atoms with E-state index in [1.54, 1.807) is 15.9 Å². The predicted octanol–water partition coefficient (Wildman–Crippen LogP) is 6.40. The van der Waals surface area contributed by atoms with Gasteiger partial charge in [-0.1, -0.05) is 24.3 Å². The summed E-state index contributed by atoms with van der Waals surface area (Å²) < 4.78 is 1.75. The van der Waals surface area contributed by atoms with E-state index in [1.165, 1.54) is 0 Å². The number of aryl methyl sites for hydroxylation is 1. The normalized spacial score (nSPS) is 17.4. The lowest BCUT2D eigenvalue weighted by molar-refractivity contribution is 0.474. The summed E-state index contributed by atoms with van der Waals surface area (Å²) in [6.07, 6.45) is 3.80. The van der Waals surface area contributed by atoms with Gasteiger partial charge in [-0.15, -0.1) is 11.3 Å². The Morgan fingerprint density at radius 2 is 1.64 bits per heavy atom. The number of aromatic nitrogens is 2. The van der Waals surface area contributed by atoms with E-state index >= 15 is 0 Å². The summed E-state index contributed by atoms with van der Waals surface area (Å²) >= 11 is 1.69. The van der Waals surface area contributed by atoms with Gasteiger partial charge >= 0.3 is 0 Å². The van der Waals surface area contributed by atoms with Crippen LogP contribution in [0.4, 0.5) is 10.8 Å². The monoisotopic (exact) mass is 531 g/mol. The first-order valence-electron chi connectivity index (χ1n) is 13.1. The summed E-state index contributed by atoms with van der Waals surface area (Å²) in [4.78, 5) is 23.1. The van der Waals surface area contributed by atoms with Crippen LogP contribution in [0.1, 0.15) is 25.0 Å². The maximum atomic E-state index is 13.7. The fraction of sp³-hybridized carbons (Fsp3) is 0.219. The van der Waals surface area contributed by atoms with Crippen molar-refractivity contribution in [2.45, 2.75) is 32.9 Å². The molecule has 1 fully saturated rings. The Balaban J connectivity index is 1.31. The van der Waals surface area contributed by atoms with E-state index < -0.39 is 0 Å². The molecule has 2 atom stereocenters. The van der Waals surface area contributed by atoms with Crippen molar-refractivity contribution in [1.82, 2.24) is 9.55 Å². The molecule has 0 spiro atoms. The van der Waals surface area contributed by atoms with Crippen molar-refractivity contribution in [3.05, 3.63) is 106 Å². The van der Waals surface area contributed by atoms with Gasteiger partial charge in [-0.2, -0.15) is 5.26 Å². The highest BCUT2D eigenvalue weighted by atomic mass is 32.1. The summed E-state index contributed by atoms with van der Waals surface area (Å²) in [6.45, 7) is 8.38. The van der Waals surface area contributed by atoms with Gasteiger partial charge in [-0.3, -0.25) is 9.36 Å². The van der Waals surface area contributed by atoms with Crippen molar-refractivity contribution in [3.63, 3.8) is 0 Å². The molecule has 1 aliphatic rings. The van der Waals surface area contributed by atoms with Crippen LogP contribution in [0.25, 0.3) is 27.6 Å². The average molecular weight is 532 g/mol. The first kappa shape index (κ1) is 24.9. The highest BCUT2D eigenvalue weighted by Crippen LogP contribution is 2.32. The second kappa shape index (κ2) is 10.0. The molecule has 5 aromatic rings. The van der Waals surface area contributed by atoms with E-state index in [9.17, 15) is 4.79 Å². The summed E-state index contributed by atoms with van der Waals surface area (Å²) in [5.41, 5.74) is 5.58. The first-order valence-corrected chi connectivity index (χ1v) is 14.0. The smallest absolute Gasteiger partial charge is 0.262 e. The lowest BCUT2D eigenvalue weighted by atomic mass is 9.96. The van der Waals surface area contributed by atoms with E-state index in [-0.39, 0.29) is 5.56 Å². The Labute approximate surface area is 232 Å². The van der Waals surface area contributed by atoms with Crippen LogP contribution in [-0.4, -0.2) is 34.7 Å². The standard InChI is InChI=1S/C32H29N5OS/c1-21-18-36(31(38)29-6-4-5-28(30(21)29)25-9-7-24(17-33)8-10-25)27-13-11-26(12-14-27)35-19-22(2)37(23(3)20-35)32-34-15-16-39-32/h4-16,18,22-23H,19-20H2,1-3H3. The summed E-state index contributed by atoms with van der Waals surface area (Å²) in [5.74, 6) is 0. The van der Waals surface area contributed by atoms with Crippen molar-refractivity contribution < 1.29 is 0 Å². The molecule has 1 aliphatic heterocycles. The molecule has 6 nitrogen and oxygen atoms in total. The van der Waals surface area contributed by atoms with Crippen LogP contribution >= 0.6 is 11.3 Å². The third-order valence-corrected chi connectivity index (χ3v) is 8.39. The highest BCUT2D eigenvalue weighted by molar-refractivity contribution is 7.13. The molecule has 0 amide bonds. The molecule has 0 N–H and O–H groups in total. The molecule has 2 unspecified atom stereocenters. The number of rotatable bonds is 4. The SMILES string of the molecule is Cc1cn(-c2ccc(N3CC(C)N(c4nccs4)C(C)C3)cc2)c(=O)c2cccc(-c3ccc(C#N)cc3)c12. The summed E-state index contributed by atoms with van der Waals surface area (Å²) in [7, 11) is 0. The first-order chi connectivity index (χ1) is 18.9. The zero-order chi connectivity index (χ0) is 27.1. The molecule has 0 aliphatic carbocycles. The lowest BCUT2D eigenvalue weighted by Gasteiger charge is -2.45. The van der Waals surface area contributed by atoms with Gasteiger partial charge in [0, 0.05) is 59.7 Å². The van der Waals surface area contributed by atoms with Crippen LogP contribution < -0.4 is 15.4 Å². The van der Waals surface area contributed by atoms with Gasteiger partial charge in [0.15, 0.2) is 5.13 Å². The molecule has 3 aromatic carbocycles. The third kappa shape index (κ3) is 4.47. The third-order valence-electron chi connectivity index (χ3n) is 7.61. The molecule has 6 rings (SSSR count). The Kier molecular flexibility index (Phi) is 6.41. The summed E-state index contributed by atoms with van der Waals surface area (Å²) in [6, 6.07) is 24.5. The maximum Gasteiger partial charge on any atom is 0.262 e. The van der Waals surface area contributed by atoms with Gasteiger partial charge in [0.2, 0.25) is 0 Å². The number of pyridine rings is 1. The van der Waals surface area contributed by atoms with Gasteiger partial charge in [0.25, 0.3) is 5.56 Å². The van der Waals surface area contributed by atoms with Crippen molar-refractivity contribution >= 4 is 32.9 Å². The topological polar surface area (TPSA) is 65.2 Å². The Bertz CT molecular complexity index is 1720. The van der Waals surface area contributed by atoms with Gasteiger partial charge in [-0.25, -0.2) is 4.98 Å². The number of hydrogen-bond acceptors (Lipinski definition) is 6. The van der Waals surface area contributed by atoms with Crippen molar-refractivity contribution in [2.24, 2.45) is 0 Å². The molecule has 2 aromatic heterocycles. The molecule has 194 valence electrons. The Morgan fingerprint density at radius 1 is 0.949 bits per heavy atom. The zero-order valence-electron chi connectivity index (χ0n) is 22.2. The van der Waals surface area contributed by atoms with E-state index in [4.69, 9.17) is 5.26 Å². The fourth-order valence-electron chi connectivity index (χ4n) is 5.84. The van der Waals surface area contributed by atoms with Gasteiger partial charge in [0.05, 0.1) is 11.6 Å². The summed E-state index contributed by atoms with van der Waals surface area (Å²) in [5, 5.41) is 13.9. The predicted molar refractivity (Wildman–Crippen MR) is 160 cm³/mol. The molecule has 0 radical (unpaired) electrons. The molecular weight excluding hydrogens is 502 g/mol. The van der Waals surface area contributed by atoms with Crippen LogP contribution in [-0.2, 0) is 0 Å². The molecule has 0 bridgehead atoms. The van der Waals surface area contributed by atoms with Gasteiger partial charge in [0.1, 0.15) is 0 Å². The number of thiazole rings is 1. The number of fused-ring (bicyclic) bond motifs is 1. The number of nitriles is 1. The van der Waals surface area contributed by atoms with Crippen LogP contribution in [0.5, 0.6) is 0 Å². The van der Waals surface area contributed by atoms with Crippen LogP contribution in [0.3, 0.4) is 0 Å². The van der Waals surface area contributed by atoms with Crippen LogP contribution in [0, 0.1) is 18.3 Å². The molecule has 39 heavy (non-hydrogen) atoms. The van der Waals surface area contributed by atoms with E-state index in [2.05, 4.69) is 46.8 Å². The quantitative estimate of drug-likeness (QED) is 0.269. The number of piperazine rings is 1. The molecule has 3 heterocycles. The number of anilines is 2. The number of nitrogens with zero attached hydrogens (tertiary/aromatic N) is 5. The molecular formula is C32H29N5OS. The van der Waals surface area contributed by atoms with Crippen LogP contribution in [0.15, 0.2) is 89.3 Å². The molecule has 0 saturated carbocycles. The fourth-order valence-corrected chi connectivity index (χ4v) is 6.68. The Morgan fingerprint density at radius 3 is 2.28 bits per heavy atom. The number of hydrogen-bond donors (Lipinski definition) is 0. The zero-order valence-corrected chi connectivity index (χ0v) is 23.0. The number of benzene rings is 3. The van der Waals surface area contributed by atoms with E-state index in [0.29, 0.717) is 23.0 Å². The maximum absolute atomic E-state index is 13.7. The van der Waals surface area contributed by atoms with E-state index in [0.717, 1.165) is 51.7 Å². The highest BCUT2D eigenvalue weighted by Gasteiger charge is 2.31. The second-order valence-corrected chi connectivity index (χ2v) is 11.1. The minimum atomic E-state index is -0.0434. The van der Waals surface area contributed by atoms with Crippen molar-refractivity contribution in [3.8, 4) is 22.9 Å². The Hall–Kier alpha value is -4.41. The lowest BCUT2D eigenvalue weighted by Crippen LogP contribution is -2.57. The van der Waals surface area contributed by atoms with Gasteiger partial charge < -0.3 is 9.80 Å². The largest absolute Gasteiger partial charge is 0.367 e. The molecule has 7 heteroatoms. The van der Waals surface area contributed by atoms with E-state index in [1.807, 2.05) is 79.3 Å². The van der Waals surface area contributed by atoms with Crippen LogP contribution in [0.2, 0.25) is 0 Å². The average Bonchev–Trinajstić information content (AvgIpc) is 3.49. The minimum Gasteiger partial charge on any atom is -0.367 e. The van der Waals surface area contributed by atoms with Gasteiger partial charge in [-0.05, 0) is 85.3 Å². The van der Waals surface area contributed by atoms with Crippen molar-refractivity contribution in [2.75, 3.05) is 22.9 Å².